The molecule has 1 aliphatic heterocycles. The Kier molecular flexibility index (Phi) is 13.2. The lowest BCUT2D eigenvalue weighted by Crippen LogP contribution is -2.33. The molecule has 0 saturated carbocycles. The molecule has 24 heavy (non-hydrogen) atoms. The van der Waals surface area contributed by atoms with Crippen molar-refractivity contribution in [2.45, 2.75) is 37.4 Å². The molecule has 1 fully saturated rings. The van der Waals surface area contributed by atoms with E-state index in [1.54, 1.807) is 0 Å². The van der Waals surface area contributed by atoms with Crippen molar-refractivity contribution in [1.29, 1.82) is 0 Å². The molecule has 140 valence electrons. The number of carboxylic acids is 4. The zero-order chi connectivity index (χ0) is 19.3. The molecule has 1 aliphatic rings. The van der Waals surface area contributed by atoms with Crippen LogP contribution in [0.15, 0.2) is 0 Å². The Balaban J connectivity index is 0. The van der Waals surface area contributed by atoms with Crippen LogP contribution in [0.2, 0.25) is 0 Å². The second-order valence-electron chi connectivity index (χ2n) is 4.66. The van der Waals surface area contributed by atoms with Crippen molar-refractivity contribution in [3.63, 3.8) is 0 Å². The fraction of sp³-hybridized carbons (Fsp3) is 0.667. The topological polar surface area (TPSA) is 233 Å². The first-order chi connectivity index (χ1) is 11.0. The largest absolute Gasteiger partial charge is 0.481 e. The number of aliphatic hydroxyl groups is 1. The molecule has 1 rings (SSSR count). The van der Waals surface area contributed by atoms with E-state index in [0.29, 0.717) is 0 Å². The van der Waals surface area contributed by atoms with Gasteiger partial charge >= 0.3 is 23.9 Å². The maximum atomic E-state index is 10.1. The van der Waals surface area contributed by atoms with Gasteiger partial charge in [0.15, 0.2) is 0 Å². The summed E-state index contributed by atoms with van der Waals surface area (Å²) in [6, 6.07) is -2.68. The molecule has 3 atom stereocenters. The highest BCUT2D eigenvalue weighted by atomic mass is 16.4. The van der Waals surface area contributed by atoms with E-state index in [2.05, 4.69) is 5.32 Å². The molecule has 10 N–H and O–H groups in total. The van der Waals surface area contributed by atoms with Gasteiger partial charge in [-0.25, -0.2) is 0 Å². The van der Waals surface area contributed by atoms with Gasteiger partial charge in [-0.1, -0.05) is 0 Å². The summed E-state index contributed by atoms with van der Waals surface area (Å²) in [4.78, 5) is 39.4. The number of carboxylic acid groups (broad SMARTS) is 4. The summed E-state index contributed by atoms with van der Waals surface area (Å²) in [6.45, 7) is 0.353. The molecule has 1 heterocycles. The first kappa shape index (κ1) is 24.0. The number of carbonyl (C=O) groups is 4. The van der Waals surface area contributed by atoms with E-state index < -0.39 is 49.0 Å². The average Bonchev–Trinajstić information content (AvgIpc) is 3.01. The van der Waals surface area contributed by atoms with Crippen molar-refractivity contribution in [3.8, 4) is 0 Å². The molecular formula is C12H23N3O9. The van der Waals surface area contributed by atoms with Crippen molar-refractivity contribution in [2.24, 2.45) is 11.5 Å². The lowest BCUT2D eigenvalue weighted by atomic mass is 10.2. The van der Waals surface area contributed by atoms with Crippen LogP contribution in [0, 0.1) is 0 Å². The van der Waals surface area contributed by atoms with Gasteiger partial charge in [0.1, 0.15) is 18.1 Å². The Morgan fingerprint density at radius 2 is 1.50 bits per heavy atom. The molecule has 0 bridgehead atoms. The molecule has 0 radical (unpaired) electrons. The van der Waals surface area contributed by atoms with Gasteiger partial charge in [0.25, 0.3) is 0 Å². The minimum atomic E-state index is -1.29. The molecule has 12 nitrogen and oxygen atoms in total. The Morgan fingerprint density at radius 1 is 1.00 bits per heavy atom. The van der Waals surface area contributed by atoms with Gasteiger partial charge in [0.05, 0.1) is 13.0 Å². The maximum absolute atomic E-state index is 10.1. The zero-order valence-electron chi connectivity index (χ0n) is 12.8. The molecule has 0 unspecified atom stereocenters. The van der Waals surface area contributed by atoms with E-state index in [-0.39, 0.29) is 6.04 Å². The third-order valence-corrected chi connectivity index (χ3v) is 2.58. The van der Waals surface area contributed by atoms with Crippen LogP contribution in [0.1, 0.15) is 19.3 Å². The first-order valence-electron chi connectivity index (χ1n) is 6.78. The fourth-order valence-electron chi connectivity index (χ4n) is 1.25. The molecule has 0 aromatic heterocycles. The highest BCUT2D eigenvalue weighted by molar-refractivity contribution is 5.80. The van der Waals surface area contributed by atoms with Crippen molar-refractivity contribution in [1.82, 2.24) is 5.32 Å². The molecule has 0 aromatic carbocycles. The number of aliphatic carboxylic acids is 4. The second-order valence-corrected chi connectivity index (χ2v) is 4.66. The summed E-state index contributed by atoms with van der Waals surface area (Å²) in [5, 5.41) is 43.1. The minimum Gasteiger partial charge on any atom is -0.481 e. The van der Waals surface area contributed by atoms with Crippen LogP contribution in [-0.4, -0.2) is 80.7 Å². The monoisotopic (exact) mass is 353 g/mol. The lowest BCUT2D eigenvalue weighted by molar-refractivity contribution is -0.144. The average molecular weight is 353 g/mol. The van der Waals surface area contributed by atoms with Crippen molar-refractivity contribution in [2.75, 3.05) is 13.2 Å². The van der Waals surface area contributed by atoms with Crippen LogP contribution in [0.3, 0.4) is 0 Å². The summed E-state index contributed by atoms with van der Waals surface area (Å²) >= 11 is 0. The zero-order valence-corrected chi connectivity index (χ0v) is 12.8. The van der Waals surface area contributed by atoms with Gasteiger partial charge in [-0.15, -0.1) is 0 Å². The van der Waals surface area contributed by atoms with Crippen LogP contribution >= 0.6 is 0 Å². The summed E-state index contributed by atoms with van der Waals surface area (Å²) in [5.74, 6) is -4.40. The number of nitrogens with one attached hydrogen (secondary N) is 1. The fourth-order valence-corrected chi connectivity index (χ4v) is 1.25. The number of hydrogen-bond donors (Lipinski definition) is 8. The number of nitrogens with two attached hydrogens (primary N) is 2. The molecular weight excluding hydrogens is 330 g/mol. The second kappa shape index (κ2) is 13.2. The van der Waals surface area contributed by atoms with E-state index in [0.717, 1.165) is 19.4 Å². The summed E-state index contributed by atoms with van der Waals surface area (Å²) in [5.41, 5.74) is 9.60. The Hall–Kier alpha value is -2.28. The summed E-state index contributed by atoms with van der Waals surface area (Å²) in [6.07, 6.45) is 1.25. The van der Waals surface area contributed by atoms with Gasteiger partial charge in [-0.2, -0.15) is 0 Å². The summed E-state index contributed by atoms with van der Waals surface area (Å²) < 4.78 is 0. The van der Waals surface area contributed by atoms with Gasteiger partial charge in [-0.05, 0) is 19.4 Å². The van der Waals surface area contributed by atoms with E-state index in [9.17, 15) is 19.2 Å². The minimum absolute atomic E-state index is 0.269. The molecule has 1 saturated heterocycles. The molecule has 0 spiro atoms. The Labute approximate surface area is 137 Å². The summed E-state index contributed by atoms with van der Waals surface area (Å²) in [7, 11) is 0. The van der Waals surface area contributed by atoms with Crippen molar-refractivity contribution >= 4 is 23.9 Å². The normalized spacial score (nSPS) is 18.0. The molecule has 0 amide bonds. The van der Waals surface area contributed by atoms with E-state index in [4.69, 9.17) is 37.0 Å². The van der Waals surface area contributed by atoms with Gasteiger partial charge in [0, 0.05) is 0 Å². The van der Waals surface area contributed by atoms with Crippen LogP contribution in [0.5, 0.6) is 0 Å². The third kappa shape index (κ3) is 13.4. The predicted molar refractivity (Wildman–Crippen MR) is 79.2 cm³/mol. The van der Waals surface area contributed by atoms with Gasteiger partial charge in [0.2, 0.25) is 0 Å². The van der Waals surface area contributed by atoms with E-state index in [1.807, 2.05) is 0 Å². The Morgan fingerprint density at radius 3 is 1.62 bits per heavy atom. The SMILES string of the molecule is N[C@@H](CC(=O)O)C(=O)O.N[C@@H](CO)C(=O)O.O=C(O)[C@@H]1CCCN1. The first-order valence-corrected chi connectivity index (χ1v) is 6.78. The van der Waals surface area contributed by atoms with Crippen LogP contribution in [0.25, 0.3) is 0 Å². The highest BCUT2D eigenvalue weighted by Crippen LogP contribution is 2.03. The van der Waals surface area contributed by atoms with Crippen LogP contribution in [0.4, 0.5) is 0 Å². The predicted octanol–water partition coefficient (Wildman–Crippen LogP) is -2.91. The quantitative estimate of drug-likeness (QED) is 0.240. The standard InChI is InChI=1S/C5H9NO2.C4H7NO4.C3H7NO3/c7-5(8)4-2-1-3-6-4;5-2(4(8)9)1-3(6)7;4-2(1-5)3(6)7/h4,6H,1-3H2,(H,7,8);2H,1,5H2,(H,6,7)(H,8,9);2,5H,1,4H2,(H,6,7)/t4-;2*2-/m000/s1. The van der Waals surface area contributed by atoms with Crippen LogP contribution < -0.4 is 16.8 Å². The number of aliphatic hydroxyl groups excluding tert-OH is 1. The molecule has 0 aromatic rings. The van der Waals surface area contributed by atoms with Crippen molar-refractivity contribution < 1.29 is 44.7 Å². The van der Waals surface area contributed by atoms with E-state index in [1.165, 1.54) is 0 Å². The molecule has 0 aliphatic carbocycles. The lowest BCUT2D eigenvalue weighted by Gasteiger charge is -1.99. The maximum Gasteiger partial charge on any atom is 0.322 e. The van der Waals surface area contributed by atoms with Gasteiger partial charge in [-0.3, -0.25) is 19.2 Å². The number of hydrogen-bond acceptors (Lipinski definition) is 8. The van der Waals surface area contributed by atoms with Crippen molar-refractivity contribution in [3.05, 3.63) is 0 Å². The highest BCUT2D eigenvalue weighted by Gasteiger charge is 2.20. The smallest absolute Gasteiger partial charge is 0.322 e. The van der Waals surface area contributed by atoms with E-state index >= 15 is 0 Å². The Bertz CT molecular complexity index is 424. The number of rotatable bonds is 6. The third-order valence-electron chi connectivity index (χ3n) is 2.58. The van der Waals surface area contributed by atoms with Crippen LogP contribution in [-0.2, 0) is 19.2 Å². The molecule has 12 heteroatoms. The van der Waals surface area contributed by atoms with Gasteiger partial charge < -0.3 is 42.3 Å².